The van der Waals surface area contributed by atoms with Gasteiger partial charge >= 0.3 is 6.09 Å². The molecule has 0 aliphatic rings. The van der Waals surface area contributed by atoms with Gasteiger partial charge in [-0.25, -0.2) is 9.18 Å². The van der Waals surface area contributed by atoms with Crippen molar-refractivity contribution in [1.29, 1.82) is 5.26 Å². The van der Waals surface area contributed by atoms with Crippen molar-refractivity contribution in [1.82, 2.24) is 5.32 Å². The van der Waals surface area contributed by atoms with Crippen LogP contribution in [0.1, 0.15) is 26.3 Å². The lowest BCUT2D eigenvalue weighted by molar-refractivity contribution is 0.0520. The molecule has 0 radical (unpaired) electrons. The highest BCUT2D eigenvalue weighted by Crippen LogP contribution is 2.22. The summed E-state index contributed by atoms with van der Waals surface area (Å²) in [5, 5.41) is 11.0. The number of carbonyl (C=O) groups is 1. The fourth-order valence-electron chi connectivity index (χ4n) is 1.36. The van der Waals surface area contributed by atoms with E-state index in [0.29, 0.717) is 0 Å². The van der Waals surface area contributed by atoms with Crippen molar-refractivity contribution in [2.24, 2.45) is 0 Å². The van der Waals surface area contributed by atoms with E-state index >= 15 is 0 Å². The largest absolute Gasteiger partial charge is 0.489 e. The maximum atomic E-state index is 13.5. The van der Waals surface area contributed by atoms with Crippen LogP contribution in [0.2, 0.25) is 0 Å². The van der Waals surface area contributed by atoms with Crippen molar-refractivity contribution >= 4 is 6.09 Å². The van der Waals surface area contributed by atoms with Crippen LogP contribution in [-0.4, -0.2) is 24.8 Å². The first-order chi connectivity index (χ1) is 9.74. The number of carbonyl (C=O) groups excluding carboxylic acids is 1. The van der Waals surface area contributed by atoms with Gasteiger partial charge < -0.3 is 14.8 Å². The summed E-state index contributed by atoms with van der Waals surface area (Å²) in [5.74, 6) is -2.81. The quantitative estimate of drug-likeness (QED) is 0.868. The molecule has 0 spiro atoms. The molecule has 1 aromatic carbocycles. The highest BCUT2D eigenvalue weighted by atomic mass is 19.2. The number of amides is 1. The summed E-state index contributed by atoms with van der Waals surface area (Å²) in [6, 6.07) is 3.80. The maximum Gasteiger partial charge on any atom is 0.407 e. The van der Waals surface area contributed by atoms with Gasteiger partial charge in [0.15, 0.2) is 11.6 Å². The number of alkyl carbamates (subject to hydrolysis) is 1. The van der Waals surface area contributed by atoms with Crippen LogP contribution in [0.3, 0.4) is 0 Å². The summed E-state index contributed by atoms with van der Waals surface area (Å²) >= 11 is 0. The van der Waals surface area contributed by atoms with Gasteiger partial charge in [-0.15, -0.1) is 0 Å². The normalized spacial score (nSPS) is 10.7. The van der Waals surface area contributed by atoms with Gasteiger partial charge in [-0.1, -0.05) is 0 Å². The van der Waals surface area contributed by atoms with E-state index in [0.717, 1.165) is 12.1 Å². The number of halogens is 2. The number of rotatable bonds is 4. The van der Waals surface area contributed by atoms with E-state index in [1.54, 1.807) is 20.8 Å². The molecule has 114 valence electrons. The number of benzene rings is 1. The van der Waals surface area contributed by atoms with Crippen LogP contribution in [0.15, 0.2) is 12.1 Å². The zero-order valence-electron chi connectivity index (χ0n) is 12.0. The lowest BCUT2D eigenvalue weighted by Gasteiger charge is -2.19. The van der Waals surface area contributed by atoms with Crippen molar-refractivity contribution in [2.45, 2.75) is 26.4 Å². The second-order valence-corrected chi connectivity index (χ2v) is 5.13. The number of hydrogen-bond acceptors (Lipinski definition) is 4. The first kappa shape index (κ1) is 16.7. The fourth-order valence-corrected chi connectivity index (χ4v) is 1.36. The molecule has 0 heterocycles. The molecule has 5 nitrogen and oxygen atoms in total. The van der Waals surface area contributed by atoms with E-state index in [1.807, 2.05) is 0 Å². The van der Waals surface area contributed by atoms with Crippen molar-refractivity contribution in [2.75, 3.05) is 13.2 Å². The van der Waals surface area contributed by atoms with Gasteiger partial charge in [-0.2, -0.15) is 9.65 Å². The Morgan fingerprint density at radius 1 is 1.33 bits per heavy atom. The molecular weight excluding hydrogens is 282 g/mol. The predicted molar refractivity (Wildman–Crippen MR) is 70.8 cm³/mol. The Hall–Kier alpha value is -2.36. The summed E-state index contributed by atoms with van der Waals surface area (Å²) in [6.45, 7) is 5.16. The molecule has 0 saturated heterocycles. The number of nitrogens with zero attached hydrogens (tertiary/aromatic N) is 1. The van der Waals surface area contributed by atoms with Crippen molar-refractivity contribution < 1.29 is 23.0 Å². The third kappa shape index (κ3) is 5.26. The molecule has 0 atom stereocenters. The molecule has 21 heavy (non-hydrogen) atoms. The number of nitriles is 1. The molecule has 1 rings (SSSR count). The zero-order valence-corrected chi connectivity index (χ0v) is 12.0. The fraction of sp³-hybridized carbons (Fsp3) is 0.429. The minimum absolute atomic E-state index is 0.0655. The van der Waals surface area contributed by atoms with Gasteiger partial charge in [0.2, 0.25) is 5.82 Å². The zero-order chi connectivity index (χ0) is 16.0. The third-order valence-corrected chi connectivity index (χ3v) is 2.20. The van der Waals surface area contributed by atoms with Crippen LogP contribution < -0.4 is 10.1 Å². The lowest BCUT2D eigenvalue weighted by Crippen LogP contribution is -2.34. The van der Waals surface area contributed by atoms with Crippen LogP contribution in [0.4, 0.5) is 13.6 Å². The smallest absolute Gasteiger partial charge is 0.407 e. The second-order valence-electron chi connectivity index (χ2n) is 5.13. The number of hydrogen-bond donors (Lipinski definition) is 1. The average Bonchev–Trinajstić information content (AvgIpc) is 2.37. The molecule has 0 aliphatic heterocycles. The number of ether oxygens (including phenoxy) is 2. The molecule has 0 saturated carbocycles. The average molecular weight is 298 g/mol. The molecule has 0 unspecified atom stereocenters. The second kappa shape index (κ2) is 6.88. The van der Waals surface area contributed by atoms with Crippen LogP contribution in [0.25, 0.3) is 0 Å². The van der Waals surface area contributed by atoms with Crippen LogP contribution >= 0.6 is 0 Å². The van der Waals surface area contributed by atoms with Gasteiger partial charge in [0.05, 0.1) is 12.1 Å². The van der Waals surface area contributed by atoms with Crippen molar-refractivity contribution in [3.63, 3.8) is 0 Å². The Bertz CT molecular complexity index is 563. The van der Waals surface area contributed by atoms with Gasteiger partial charge in [0, 0.05) is 0 Å². The van der Waals surface area contributed by atoms with Gasteiger partial charge in [0.1, 0.15) is 18.3 Å². The van der Waals surface area contributed by atoms with Crippen molar-refractivity contribution in [3.8, 4) is 11.8 Å². The van der Waals surface area contributed by atoms with Crippen molar-refractivity contribution in [3.05, 3.63) is 29.3 Å². The van der Waals surface area contributed by atoms with Gasteiger partial charge in [-0.05, 0) is 32.9 Å². The van der Waals surface area contributed by atoms with Gasteiger partial charge in [-0.3, -0.25) is 0 Å². The Kier molecular flexibility index (Phi) is 5.47. The van der Waals surface area contributed by atoms with Crippen LogP contribution in [-0.2, 0) is 4.74 Å². The summed E-state index contributed by atoms with van der Waals surface area (Å²) in [5.41, 5.74) is -1.01. The highest BCUT2D eigenvalue weighted by Gasteiger charge is 2.16. The molecule has 7 heteroatoms. The van der Waals surface area contributed by atoms with E-state index in [-0.39, 0.29) is 18.9 Å². The summed E-state index contributed by atoms with van der Waals surface area (Å²) in [4.78, 5) is 11.3. The molecular formula is C14H16F2N2O3. The molecule has 0 aromatic heterocycles. The topological polar surface area (TPSA) is 71.3 Å². The molecule has 0 fully saturated rings. The Morgan fingerprint density at radius 2 is 2.00 bits per heavy atom. The van der Waals surface area contributed by atoms with Crippen LogP contribution in [0.5, 0.6) is 5.75 Å². The molecule has 1 aromatic rings. The first-order valence-electron chi connectivity index (χ1n) is 6.22. The Labute approximate surface area is 121 Å². The highest BCUT2D eigenvalue weighted by molar-refractivity contribution is 5.67. The van der Waals surface area contributed by atoms with Gasteiger partial charge in [0.25, 0.3) is 0 Å². The minimum atomic E-state index is -1.25. The van der Waals surface area contributed by atoms with E-state index in [2.05, 4.69) is 5.32 Å². The summed E-state index contributed by atoms with van der Waals surface area (Å²) in [7, 11) is 0. The summed E-state index contributed by atoms with van der Waals surface area (Å²) < 4.78 is 36.8. The lowest BCUT2D eigenvalue weighted by atomic mass is 10.2. The van der Waals surface area contributed by atoms with E-state index in [1.165, 1.54) is 6.07 Å². The first-order valence-corrected chi connectivity index (χ1v) is 6.22. The van der Waals surface area contributed by atoms with Crippen LogP contribution in [0, 0.1) is 23.0 Å². The molecule has 0 aliphatic carbocycles. The molecule has 0 bridgehead atoms. The molecule has 1 amide bonds. The third-order valence-electron chi connectivity index (χ3n) is 2.20. The minimum Gasteiger partial charge on any atom is -0.489 e. The van der Waals surface area contributed by atoms with E-state index < -0.39 is 28.9 Å². The summed E-state index contributed by atoms with van der Waals surface area (Å²) in [6.07, 6.45) is -0.627. The standard InChI is InChI=1S/C14H16F2N2O3/c1-14(2,3)21-13(19)18-6-7-20-10-5-4-9(8-17)11(15)12(10)16/h4-5H,6-7H2,1-3H3,(H,18,19). The monoisotopic (exact) mass is 298 g/mol. The SMILES string of the molecule is CC(C)(C)OC(=O)NCCOc1ccc(C#N)c(F)c1F. The predicted octanol–water partition coefficient (Wildman–Crippen LogP) is 2.74. The number of nitrogens with one attached hydrogen (secondary N) is 1. The Morgan fingerprint density at radius 3 is 2.57 bits per heavy atom. The molecule has 1 N–H and O–H groups in total. The maximum absolute atomic E-state index is 13.5. The van der Waals surface area contributed by atoms with E-state index in [9.17, 15) is 13.6 Å². The van der Waals surface area contributed by atoms with E-state index in [4.69, 9.17) is 14.7 Å². The Balaban J connectivity index is 2.46.